The number of esters is 1. The Morgan fingerprint density at radius 2 is 1.81 bits per heavy atom. The van der Waals surface area contributed by atoms with E-state index < -0.39 is 21.8 Å². The molecule has 0 spiro atoms. The normalized spacial score (nSPS) is 15.1. The van der Waals surface area contributed by atoms with Gasteiger partial charge in [-0.25, -0.2) is 17.6 Å². The van der Waals surface area contributed by atoms with Gasteiger partial charge < -0.3 is 4.74 Å². The first-order chi connectivity index (χ1) is 12.8. The molecule has 3 rings (SSSR count). The molecule has 27 heavy (non-hydrogen) atoms. The summed E-state index contributed by atoms with van der Waals surface area (Å²) in [5, 5.41) is 0.159. The molecule has 0 radical (unpaired) electrons. The van der Waals surface area contributed by atoms with Gasteiger partial charge in [-0.1, -0.05) is 29.3 Å². The number of carbonyl (C=O) groups excluding carboxylic acids is 1. The number of hydrogen-bond acceptors (Lipinski definition) is 4. The van der Waals surface area contributed by atoms with Gasteiger partial charge in [0.05, 0.1) is 15.6 Å². The topological polar surface area (TPSA) is 63.7 Å². The molecule has 144 valence electrons. The Morgan fingerprint density at radius 1 is 1.11 bits per heavy atom. The van der Waals surface area contributed by atoms with E-state index in [1.807, 2.05) is 0 Å². The van der Waals surface area contributed by atoms with Gasteiger partial charge >= 0.3 is 5.97 Å². The highest BCUT2D eigenvalue weighted by Gasteiger charge is 2.30. The molecule has 0 bridgehead atoms. The van der Waals surface area contributed by atoms with Gasteiger partial charge in [0.1, 0.15) is 17.3 Å². The zero-order valence-corrected chi connectivity index (χ0v) is 16.5. The Balaban J connectivity index is 1.82. The van der Waals surface area contributed by atoms with Gasteiger partial charge in [0, 0.05) is 18.7 Å². The van der Waals surface area contributed by atoms with Crippen LogP contribution in [0.25, 0.3) is 0 Å². The SMILES string of the molecule is O=C(OCc1c(F)cccc1Cl)c1ccc(Cl)c(S(=O)(=O)N2CCCC2)c1. The smallest absolute Gasteiger partial charge is 0.338 e. The monoisotopic (exact) mass is 431 g/mol. The van der Waals surface area contributed by atoms with Gasteiger partial charge in [0.2, 0.25) is 10.0 Å². The average Bonchev–Trinajstić information content (AvgIpc) is 3.17. The molecule has 2 aromatic carbocycles. The molecule has 0 aliphatic carbocycles. The zero-order chi connectivity index (χ0) is 19.6. The number of ether oxygens (including phenoxy) is 1. The fourth-order valence-corrected chi connectivity index (χ4v) is 5.02. The van der Waals surface area contributed by atoms with E-state index in [4.69, 9.17) is 27.9 Å². The summed E-state index contributed by atoms with van der Waals surface area (Å²) in [4.78, 5) is 12.2. The van der Waals surface area contributed by atoms with E-state index in [-0.39, 0.29) is 32.7 Å². The highest BCUT2D eigenvalue weighted by molar-refractivity contribution is 7.89. The number of halogens is 3. The van der Waals surface area contributed by atoms with Crippen LogP contribution in [0.3, 0.4) is 0 Å². The van der Waals surface area contributed by atoms with Gasteiger partial charge in [-0.15, -0.1) is 0 Å². The Kier molecular flexibility index (Phi) is 6.05. The van der Waals surface area contributed by atoms with Gasteiger partial charge in [-0.2, -0.15) is 4.31 Å². The molecule has 1 aliphatic rings. The summed E-state index contributed by atoms with van der Waals surface area (Å²) < 4.78 is 45.6. The second kappa shape index (κ2) is 8.14. The van der Waals surface area contributed by atoms with Crippen LogP contribution in [0, 0.1) is 5.82 Å². The Bertz CT molecular complexity index is 955. The molecule has 0 saturated carbocycles. The Hall–Kier alpha value is -1.67. The van der Waals surface area contributed by atoms with E-state index >= 15 is 0 Å². The summed E-state index contributed by atoms with van der Waals surface area (Å²) in [7, 11) is -3.79. The van der Waals surface area contributed by atoms with Crippen molar-refractivity contribution in [3.05, 3.63) is 63.4 Å². The van der Waals surface area contributed by atoms with Crippen LogP contribution in [0.5, 0.6) is 0 Å². The van der Waals surface area contributed by atoms with E-state index in [1.54, 1.807) is 0 Å². The van der Waals surface area contributed by atoms with Crippen molar-refractivity contribution in [3.63, 3.8) is 0 Å². The van der Waals surface area contributed by atoms with Gasteiger partial charge in [-0.05, 0) is 43.2 Å². The van der Waals surface area contributed by atoms with Crippen LogP contribution in [-0.2, 0) is 21.4 Å². The summed E-state index contributed by atoms with van der Waals surface area (Å²) in [6.07, 6.45) is 1.56. The highest BCUT2D eigenvalue weighted by Crippen LogP contribution is 2.28. The molecule has 1 fully saturated rings. The Morgan fingerprint density at radius 3 is 2.48 bits per heavy atom. The molecule has 0 amide bonds. The average molecular weight is 432 g/mol. The minimum atomic E-state index is -3.79. The third-order valence-corrected chi connectivity index (χ3v) is 6.99. The maximum absolute atomic E-state index is 13.8. The number of sulfonamides is 1. The summed E-state index contributed by atoms with van der Waals surface area (Å²) >= 11 is 12.0. The van der Waals surface area contributed by atoms with Crippen LogP contribution >= 0.6 is 23.2 Å². The van der Waals surface area contributed by atoms with Crippen molar-refractivity contribution >= 4 is 39.2 Å². The van der Waals surface area contributed by atoms with Crippen LogP contribution in [0.1, 0.15) is 28.8 Å². The lowest BCUT2D eigenvalue weighted by atomic mass is 10.2. The number of nitrogens with zero attached hydrogens (tertiary/aromatic N) is 1. The molecule has 0 N–H and O–H groups in total. The largest absolute Gasteiger partial charge is 0.457 e. The fraction of sp³-hybridized carbons (Fsp3) is 0.278. The molecule has 2 aromatic rings. The first kappa shape index (κ1) is 20.1. The summed E-state index contributed by atoms with van der Waals surface area (Å²) in [6, 6.07) is 8.00. The molecule has 1 aliphatic heterocycles. The van der Waals surface area contributed by atoms with Crippen molar-refractivity contribution in [3.8, 4) is 0 Å². The van der Waals surface area contributed by atoms with Gasteiger partial charge in [0.25, 0.3) is 0 Å². The van der Waals surface area contributed by atoms with E-state index in [0.29, 0.717) is 13.1 Å². The van der Waals surface area contributed by atoms with Crippen molar-refractivity contribution in [1.82, 2.24) is 4.31 Å². The molecular weight excluding hydrogens is 416 g/mol. The number of carbonyl (C=O) groups is 1. The van der Waals surface area contributed by atoms with E-state index in [2.05, 4.69) is 0 Å². The minimum absolute atomic E-state index is 0.00429. The molecule has 0 unspecified atom stereocenters. The van der Waals surface area contributed by atoms with Crippen molar-refractivity contribution in [2.45, 2.75) is 24.3 Å². The highest BCUT2D eigenvalue weighted by atomic mass is 35.5. The lowest BCUT2D eigenvalue weighted by Crippen LogP contribution is -2.28. The first-order valence-corrected chi connectivity index (χ1v) is 10.4. The van der Waals surface area contributed by atoms with Crippen LogP contribution < -0.4 is 0 Å². The standard InChI is InChI=1S/C18H16Cl2FNO4S/c19-14-4-3-5-16(21)13(14)11-26-18(23)12-6-7-15(20)17(10-12)27(24,25)22-8-1-2-9-22/h3-7,10H,1-2,8-9,11H2. The molecule has 1 heterocycles. The Labute approximate surface area is 166 Å². The fourth-order valence-electron chi connectivity index (χ4n) is 2.79. The lowest BCUT2D eigenvalue weighted by Gasteiger charge is -2.17. The molecule has 0 atom stereocenters. The zero-order valence-electron chi connectivity index (χ0n) is 14.1. The van der Waals surface area contributed by atoms with E-state index in [9.17, 15) is 17.6 Å². The maximum Gasteiger partial charge on any atom is 0.338 e. The summed E-state index contributed by atoms with van der Waals surface area (Å²) in [5.41, 5.74) is 0.0519. The predicted octanol–water partition coefficient (Wildman–Crippen LogP) is 4.27. The van der Waals surface area contributed by atoms with Crippen molar-refractivity contribution in [2.75, 3.05) is 13.1 Å². The third kappa shape index (κ3) is 4.27. The quantitative estimate of drug-likeness (QED) is 0.662. The number of hydrogen-bond donors (Lipinski definition) is 0. The lowest BCUT2D eigenvalue weighted by molar-refractivity contribution is 0.0469. The number of benzene rings is 2. The van der Waals surface area contributed by atoms with E-state index in [0.717, 1.165) is 12.8 Å². The summed E-state index contributed by atoms with van der Waals surface area (Å²) in [5.74, 6) is -1.40. The molecule has 5 nitrogen and oxygen atoms in total. The van der Waals surface area contributed by atoms with Gasteiger partial charge in [-0.3, -0.25) is 0 Å². The number of rotatable bonds is 5. The van der Waals surface area contributed by atoms with Crippen LogP contribution in [-0.4, -0.2) is 31.8 Å². The maximum atomic E-state index is 13.8. The predicted molar refractivity (Wildman–Crippen MR) is 100.0 cm³/mol. The van der Waals surface area contributed by atoms with Crippen molar-refractivity contribution in [2.24, 2.45) is 0 Å². The molecule has 1 saturated heterocycles. The first-order valence-electron chi connectivity index (χ1n) is 8.20. The second-order valence-corrected chi connectivity index (χ2v) is 8.75. The second-order valence-electron chi connectivity index (χ2n) is 6.03. The van der Waals surface area contributed by atoms with Crippen molar-refractivity contribution in [1.29, 1.82) is 0 Å². The molecular formula is C18H16Cl2FNO4S. The molecule has 0 aromatic heterocycles. The summed E-state index contributed by atoms with van der Waals surface area (Å²) in [6.45, 7) is 0.458. The van der Waals surface area contributed by atoms with E-state index in [1.165, 1.54) is 40.7 Å². The van der Waals surface area contributed by atoms with Crippen molar-refractivity contribution < 1.29 is 22.3 Å². The van der Waals surface area contributed by atoms with Crippen LogP contribution in [0.2, 0.25) is 10.0 Å². The third-order valence-electron chi connectivity index (χ3n) is 4.26. The van der Waals surface area contributed by atoms with Crippen LogP contribution in [0.4, 0.5) is 4.39 Å². The van der Waals surface area contributed by atoms with Crippen LogP contribution in [0.15, 0.2) is 41.3 Å². The minimum Gasteiger partial charge on any atom is -0.457 e. The molecule has 9 heteroatoms. The van der Waals surface area contributed by atoms with Gasteiger partial charge in [0.15, 0.2) is 0 Å².